The van der Waals surface area contributed by atoms with Gasteiger partial charge < -0.3 is 10.6 Å². The van der Waals surface area contributed by atoms with E-state index >= 15 is 0 Å². The quantitative estimate of drug-likeness (QED) is 0.895. The molecule has 3 nitrogen and oxygen atoms in total. The molecule has 0 atom stereocenters. The van der Waals surface area contributed by atoms with Crippen LogP contribution < -0.4 is 10.6 Å². The number of halogens is 3. The van der Waals surface area contributed by atoms with Crippen molar-refractivity contribution in [2.45, 2.75) is 26.1 Å². The number of anilines is 1. The number of hydrogen-bond acceptors (Lipinski definition) is 4. The Hall–Kier alpha value is -0.820. The Balaban J connectivity index is 2.62. The van der Waals surface area contributed by atoms with Gasteiger partial charge in [0.15, 0.2) is 5.13 Å². The number of rotatable bonds is 4. The van der Waals surface area contributed by atoms with Gasteiger partial charge in [-0.25, -0.2) is 4.98 Å². The molecule has 1 rings (SSSR count). The number of nitrogens with two attached hydrogens (primary N) is 1. The Morgan fingerprint density at radius 3 is 2.50 bits per heavy atom. The number of nitrogens with zero attached hydrogens (tertiary/aromatic N) is 2. The van der Waals surface area contributed by atoms with E-state index in [2.05, 4.69) is 4.98 Å². The standard InChI is InChI=1S/C9H14F3N3S/c1-6-7(5-13)16-8(14-6)15(2)4-3-9(10,11)12/h3-5,13H2,1-2H3. The Morgan fingerprint density at radius 2 is 2.06 bits per heavy atom. The van der Waals surface area contributed by atoms with E-state index in [1.807, 2.05) is 0 Å². The van der Waals surface area contributed by atoms with Crippen LogP contribution in [-0.2, 0) is 6.54 Å². The maximum Gasteiger partial charge on any atom is 0.390 e. The molecule has 1 heterocycles. The summed E-state index contributed by atoms with van der Waals surface area (Å²) >= 11 is 1.34. The molecule has 1 aromatic rings. The molecular weight excluding hydrogens is 239 g/mol. The molecule has 0 saturated heterocycles. The third-order valence-corrected chi connectivity index (χ3v) is 3.42. The fraction of sp³-hybridized carbons (Fsp3) is 0.667. The van der Waals surface area contributed by atoms with Crippen molar-refractivity contribution < 1.29 is 13.2 Å². The third-order valence-electron chi connectivity index (χ3n) is 2.12. The Morgan fingerprint density at radius 1 is 1.44 bits per heavy atom. The molecule has 0 aliphatic rings. The van der Waals surface area contributed by atoms with Gasteiger partial charge in [-0.1, -0.05) is 0 Å². The van der Waals surface area contributed by atoms with Crippen LogP contribution in [0.5, 0.6) is 0 Å². The summed E-state index contributed by atoms with van der Waals surface area (Å²) in [7, 11) is 1.60. The summed E-state index contributed by atoms with van der Waals surface area (Å²) in [6, 6.07) is 0. The van der Waals surface area contributed by atoms with E-state index in [4.69, 9.17) is 5.73 Å². The SMILES string of the molecule is Cc1nc(N(C)CCC(F)(F)F)sc1CN. The van der Waals surface area contributed by atoms with Gasteiger partial charge in [-0.05, 0) is 6.92 Å². The Labute approximate surface area is 96.1 Å². The summed E-state index contributed by atoms with van der Waals surface area (Å²) < 4.78 is 36.1. The highest BCUT2D eigenvalue weighted by molar-refractivity contribution is 7.15. The van der Waals surface area contributed by atoms with Crippen molar-refractivity contribution in [1.29, 1.82) is 0 Å². The minimum Gasteiger partial charge on any atom is -0.351 e. The van der Waals surface area contributed by atoms with Crippen LogP contribution in [0, 0.1) is 6.92 Å². The van der Waals surface area contributed by atoms with Gasteiger partial charge in [-0.3, -0.25) is 0 Å². The molecule has 7 heteroatoms. The summed E-state index contributed by atoms with van der Waals surface area (Å²) in [5.74, 6) is 0. The van der Waals surface area contributed by atoms with E-state index in [1.54, 1.807) is 14.0 Å². The summed E-state index contributed by atoms with van der Waals surface area (Å²) in [5.41, 5.74) is 6.27. The molecule has 92 valence electrons. The lowest BCUT2D eigenvalue weighted by molar-refractivity contribution is -0.132. The minimum atomic E-state index is -4.13. The average Bonchev–Trinajstić information content (AvgIpc) is 2.55. The lowest BCUT2D eigenvalue weighted by Gasteiger charge is -2.16. The molecule has 0 aliphatic carbocycles. The molecule has 0 amide bonds. The van der Waals surface area contributed by atoms with Crippen LogP contribution in [0.1, 0.15) is 17.0 Å². The van der Waals surface area contributed by atoms with Crippen LogP contribution in [0.15, 0.2) is 0 Å². The zero-order valence-electron chi connectivity index (χ0n) is 9.14. The van der Waals surface area contributed by atoms with Crippen molar-refractivity contribution in [2.24, 2.45) is 5.73 Å². The second-order valence-electron chi connectivity index (χ2n) is 3.50. The molecule has 0 bridgehead atoms. The molecule has 0 saturated carbocycles. The van der Waals surface area contributed by atoms with Crippen LogP contribution in [-0.4, -0.2) is 24.8 Å². The smallest absolute Gasteiger partial charge is 0.351 e. The molecule has 1 aromatic heterocycles. The molecule has 0 unspecified atom stereocenters. The van der Waals surface area contributed by atoms with Crippen LogP contribution >= 0.6 is 11.3 Å². The highest BCUT2D eigenvalue weighted by Gasteiger charge is 2.27. The first-order valence-corrected chi connectivity index (χ1v) is 5.59. The number of aromatic nitrogens is 1. The lowest BCUT2D eigenvalue weighted by atomic mass is 10.4. The van der Waals surface area contributed by atoms with Crippen LogP contribution in [0.4, 0.5) is 18.3 Å². The summed E-state index contributed by atoms with van der Waals surface area (Å²) in [5, 5.41) is 0.585. The molecule has 0 aromatic carbocycles. The number of hydrogen-bond donors (Lipinski definition) is 1. The van der Waals surface area contributed by atoms with Gasteiger partial charge in [0, 0.05) is 25.0 Å². The Bertz CT molecular complexity index is 348. The van der Waals surface area contributed by atoms with Gasteiger partial charge in [-0.15, -0.1) is 11.3 Å². The zero-order valence-corrected chi connectivity index (χ0v) is 9.95. The average molecular weight is 253 g/mol. The second kappa shape index (κ2) is 5.01. The molecule has 0 aliphatic heterocycles. The van der Waals surface area contributed by atoms with Crippen molar-refractivity contribution in [1.82, 2.24) is 4.98 Å². The van der Waals surface area contributed by atoms with E-state index in [1.165, 1.54) is 16.2 Å². The maximum atomic E-state index is 12.0. The molecule has 0 spiro atoms. The highest BCUT2D eigenvalue weighted by atomic mass is 32.1. The number of thiazole rings is 1. The molecular formula is C9H14F3N3S. The number of aryl methyl sites for hydroxylation is 1. The predicted octanol–water partition coefficient (Wildman–Crippen LogP) is 2.30. The molecule has 0 radical (unpaired) electrons. The highest BCUT2D eigenvalue weighted by Crippen LogP contribution is 2.26. The fourth-order valence-corrected chi connectivity index (χ4v) is 2.08. The Kier molecular flexibility index (Phi) is 4.15. The topological polar surface area (TPSA) is 42.2 Å². The fourth-order valence-electron chi connectivity index (χ4n) is 1.16. The van der Waals surface area contributed by atoms with Crippen LogP contribution in [0.3, 0.4) is 0 Å². The molecule has 2 N–H and O–H groups in total. The largest absolute Gasteiger partial charge is 0.390 e. The molecule has 0 fully saturated rings. The summed E-state index contributed by atoms with van der Waals surface area (Å²) in [6.07, 6.45) is -4.96. The van der Waals surface area contributed by atoms with Crippen molar-refractivity contribution in [3.63, 3.8) is 0 Å². The lowest BCUT2D eigenvalue weighted by Crippen LogP contribution is -2.23. The van der Waals surface area contributed by atoms with E-state index in [-0.39, 0.29) is 6.54 Å². The van der Waals surface area contributed by atoms with Gasteiger partial charge in [0.05, 0.1) is 12.1 Å². The maximum absolute atomic E-state index is 12.0. The third kappa shape index (κ3) is 3.64. The summed E-state index contributed by atoms with van der Waals surface area (Å²) in [4.78, 5) is 6.59. The van der Waals surface area contributed by atoms with E-state index in [0.29, 0.717) is 11.7 Å². The molecule has 16 heavy (non-hydrogen) atoms. The van der Waals surface area contributed by atoms with Crippen LogP contribution in [0.2, 0.25) is 0 Å². The first-order valence-electron chi connectivity index (χ1n) is 4.77. The van der Waals surface area contributed by atoms with E-state index in [9.17, 15) is 13.2 Å². The predicted molar refractivity (Wildman–Crippen MR) is 58.7 cm³/mol. The normalized spacial score (nSPS) is 11.9. The van der Waals surface area contributed by atoms with E-state index < -0.39 is 12.6 Å². The van der Waals surface area contributed by atoms with Gasteiger partial charge in [0.25, 0.3) is 0 Å². The summed E-state index contributed by atoms with van der Waals surface area (Å²) in [6.45, 7) is 2.09. The zero-order chi connectivity index (χ0) is 12.3. The second-order valence-corrected chi connectivity index (χ2v) is 4.56. The monoisotopic (exact) mass is 253 g/mol. The van der Waals surface area contributed by atoms with Gasteiger partial charge in [0.1, 0.15) is 0 Å². The van der Waals surface area contributed by atoms with Crippen LogP contribution in [0.25, 0.3) is 0 Å². The van der Waals surface area contributed by atoms with Crippen molar-refractivity contribution in [2.75, 3.05) is 18.5 Å². The van der Waals surface area contributed by atoms with E-state index in [0.717, 1.165) is 10.6 Å². The van der Waals surface area contributed by atoms with Crippen molar-refractivity contribution in [3.05, 3.63) is 10.6 Å². The first kappa shape index (κ1) is 13.2. The van der Waals surface area contributed by atoms with Gasteiger partial charge in [-0.2, -0.15) is 13.2 Å². The van der Waals surface area contributed by atoms with Gasteiger partial charge >= 0.3 is 6.18 Å². The number of alkyl halides is 3. The van der Waals surface area contributed by atoms with Crippen molar-refractivity contribution in [3.8, 4) is 0 Å². The first-order chi connectivity index (χ1) is 7.33. The van der Waals surface area contributed by atoms with Crippen molar-refractivity contribution >= 4 is 16.5 Å². The van der Waals surface area contributed by atoms with Gasteiger partial charge in [0.2, 0.25) is 0 Å². The minimum absolute atomic E-state index is 0.0829.